The fraction of sp³-hybridized carbons (Fsp3) is 0. The lowest BCUT2D eigenvalue weighted by Crippen LogP contribution is -2.05. The highest BCUT2D eigenvalue weighted by Gasteiger charge is 2.22. The van der Waals surface area contributed by atoms with Gasteiger partial charge in [-0.15, -0.1) is 0 Å². The molecule has 0 aliphatic heterocycles. The molecule has 0 amide bonds. The van der Waals surface area contributed by atoms with E-state index in [1.165, 1.54) is 5.39 Å². The highest BCUT2D eigenvalue weighted by atomic mass is 15.1. The number of benzene rings is 9. The predicted octanol–water partition coefficient (Wildman–Crippen LogP) is 13.5. The predicted molar refractivity (Wildman–Crippen MR) is 255 cm³/mol. The van der Waals surface area contributed by atoms with Gasteiger partial charge in [0.05, 0.1) is 16.7 Å². The number of aromatic nitrogens is 7. The molecule has 0 bridgehead atoms. The third kappa shape index (κ3) is 6.38. The Hall–Kier alpha value is -8.68. The van der Waals surface area contributed by atoms with Gasteiger partial charge in [0, 0.05) is 44.2 Å². The molecule has 0 saturated carbocycles. The SMILES string of the molecule is c1ccc(-c2nc(-c3ccccc3)nc(-c3ccc(-n4c5ccccc5c5ccccc54)c(-c4nc(-c5ccccc5)nc(-c5cc6ccccc6c6ccccc56)n4)c3)n2)cc1. The Bertz CT molecular complexity index is 3570. The highest BCUT2D eigenvalue weighted by molar-refractivity contribution is 6.13. The molecule has 7 nitrogen and oxygen atoms in total. The first-order chi connectivity index (χ1) is 31.2. The average molecular weight is 806 g/mol. The first-order valence-corrected chi connectivity index (χ1v) is 21.0. The molecule has 7 heteroatoms. The molecule has 0 atom stereocenters. The van der Waals surface area contributed by atoms with Crippen LogP contribution < -0.4 is 0 Å². The van der Waals surface area contributed by atoms with E-state index in [1.807, 2.05) is 91.0 Å². The zero-order chi connectivity index (χ0) is 41.7. The van der Waals surface area contributed by atoms with E-state index in [2.05, 4.69) is 126 Å². The van der Waals surface area contributed by atoms with Crippen LogP contribution >= 0.6 is 0 Å². The smallest absolute Gasteiger partial charge is 0.166 e. The van der Waals surface area contributed by atoms with Crippen molar-refractivity contribution >= 4 is 43.4 Å². The molecule has 12 rings (SSSR count). The van der Waals surface area contributed by atoms with Crippen LogP contribution in [0.4, 0.5) is 0 Å². The Balaban J connectivity index is 1.17. The molecule has 12 aromatic rings. The quantitative estimate of drug-likeness (QED) is 0.149. The fourth-order valence-corrected chi connectivity index (χ4v) is 8.74. The van der Waals surface area contributed by atoms with Crippen LogP contribution in [-0.4, -0.2) is 34.5 Å². The molecule has 3 heterocycles. The van der Waals surface area contributed by atoms with Crippen LogP contribution in [0.1, 0.15) is 0 Å². The fourth-order valence-electron chi connectivity index (χ4n) is 8.74. The molecule has 0 spiro atoms. The van der Waals surface area contributed by atoms with Crippen molar-refractivity contribution < 1.29 is 0 Å². The van der Waals surface area contributed by atoms with Gasteiger partial charge in [0.1, 0.15) is 0 Å². The maximum absolute atomic E-state index is 5.46. The van der Waals surface area contributed by atoms with Gasteiger partial charge < -0.3 is 4.57 Å². The standard InChI is InChI=1S/C56H35N7/c1-4-18-36(19-5-1)51-57-52(37-20-6-2-7-21-37)59-54(58-51)40-32-33-50(63-48-30-16-14-28-44(48)45-29-15-17-31-49(45)63)47(35-40)56-61-53(38-22-8-3-9-23-38)60-55(62-56)46-34-39-24-10-11-25-41(39)42-26-12-13-27-43(42)46/h1-35H. The molecule has 0 aliphatic rings. The lowest BCUT2D eigenvalue weighted by molar-refractivity contribution is 1.06. The van der Waals surface area contributed by atoms with Crippen molar-refractivity contribution in [3.8, 4) is 74.0 Å². The van der Waals surface area contributed by atoms with E-state index >= 15 is 0 Å². The van der Waals surface area contributed by atoms with Crippen molar-refractivity contribution in [2.45, 2.75) is 0 Å². The Labute approximate surface area is 362 Å². The van der Waals surface area contributed by atoms with Gasteiger partial charge in [-0.3, -0.25) is 0 Å². The van der Waals surface area contributed by atoms with Crippen LogP contribution in [0.25, 0.3) is 117 Å². The molecule has 294 valence electrons. The van der Waals surface area contributed by atoms with Crippen molar-refractivity contribution in [2.24, 2.45) is 0 Å². The number of hydrogen-bond donors (Lipinski definition) is 0. The van der Waals surface area contributed by atoms with Crippen molar-refractivity contribution in [1.82, 2.24) is 34.5 Å². The summed E-state index contributed by atoms with van der Waals surface area (Å²) >= 11 is 0. The second-order valence-corrected chi connectivity index (χ2v) is 15.5. The van der Waals surface area contributed by atoms with Crippen molar-refractivity contribution in [3.63, 3.8) is 0 Å². The van der Waals surface area contributed by atoms with Crippen LogP contribution in [0.5, 0.6) is 0 Å². The third-order valence-corrected chi connectivity index (χ3v) is 11.7. The van der Waals surface area contributed by atoms with E-state index in [4.69, 9.17) is 29.9 Å². The van der Waals surface area contributed by atoms with E-state index in [0.717, 1.165) is 77.0 Å². The molecule has 0 aliphatic carbocycles. The molecule has 0 N–H and O–H groups in total. The summed E-state index contributed by atoms with van der Waals surface area (Å²) in [6.07, 6.45) is 0. The maximum atomic E-state index is 5.46. The third-order valence-electron chi connectivity index (χ3n) is 11.7. The van der Waals surface area contributed by atoms with Gasteiger partial charge in [-0.25, -0.2) is 29.9 Å². The number of hydrogen-bond acceptors (Lipinski definition) is 6. The van der Waals surface area contributed by atoms with E-state index in [9.17, 15) is 0 Å². The van der Waals surface area contributed by atoms with Crippen LogP contribution in [0, 0.1) is 0 Å². The largest absolute Gasteiger partial charge is 0.309 e. The summed E-state index contributed by atoms with van der Waals surface area (Å²) in [6.45, 7) is 0. The van der Waals surface area contributed by atoms with Crippen molar-refractivity contribution in [1.29, 1.82) is 0 Å². The first kappa shape index (κ1) is 36.2. The van der Waals surface area contributed by atoms with Crippen LogP contribution in [0.2, 0.25) is 0 Å². The Morgan fingerprint density at radius 1 is 0.254 bits per heavy atom. The van der Waals surface area contributed by atoms with Gasteiger partial charge in [-0.05, 0) is 57.9 Å². The summed E-state index contributed by atoms with van der Waals surface area (Å²) in [4.78, 5) is 31.3. The zero-order valence-electron chi connectivity index (χ0n) is 33.8. The number of fused-ring (bicyclic) bond motifs is 6. The van der Waals surface area contributed by atoms with E-state index in [0.29, 0.717) is 34.9 Å². The normalized spacial score (nSPS) is 11.5. The number of rotatable bonds is 7. The summed E-state index contributed by atoms with van der Waals surface area (Å²) in [5, 5.41) is 6.81. The molecular weight excluding hydrogens is 771 g/mol. The first-order valence-electron chi connectivity index (χ1n) is 21.0. The summed E-state index contributed by atoms with van der Waals surface area (Å²) < 4.78 is 2.32. The lowest BCUT2D eigenvalue weighted by Gasteiger charge is -2.17. The van der Waals surface area contributed by atoms with Gasteiger partial charge >= 0.3 is 0 Å². The second kappa shape index (κ2) is 15.1. The average Bonchev–Trinajstić information content (AvgIpc) is 3.70. The number of nitrogens with zero attached hydrogens (tertiary/aromatic N) is 7. The topological polar surface area (TPSA) is 82.3 Å². The van der Waals surface area contributed by atoms with Crippen LogP contribution in [-0.2, 0) is 0 Å². The molecular formula is C56H35N7. The van der Waals surface area contributed by atoms with E-state index in [1.54, 1.807) is 0 Å². The van der Waals surface area contributed by atoms with Gasteiger partial charge in [0.25, 0.3) is 0 Å². The lowest BCUT2D eigenvalue weighted by atomic mass is 9.97. The van der Waals surface area contributed by atoms with E-state index < -0.39 is 0 Å². The summed E-state index contributed by atoms with van der Waals surface area (Å²) in [6, 6.07) is 72.9. The molecule has 0 saturated heterocycles. The molecule has 9 aromatic carbocycles. The minimum Gasteiger partial charge on any atom is -0.309 e. The van der Waals surface area contributed by atoms with E-state index in [-0.39, 0.29) is 0 Å². The Morgan fingerprint density at radius 3 is 1.21 bits per heavy atom. The molecule has 0 fully saturated rings. The molecule has 3 aromatic heterocycles. The summed E-state index contributed by atoms with van der Waals surface area (Å²) in [7, 11) is 0. The zero-order valence-corrected chi connectivity index (χ0v) is 33.8. The minimum absolute atomic E-state index is 0.524. The molecule has 63 heavy (non-hydrogen) atoms. The highest BCUT2D eigenvalue weighted by Crippen LogP contribution is 2.40. The van der Waals surface area contributed by atoms with Crippen LogP contribution in [0.3, 0.4) is 0 Å². The molecule has 0 radical (unpaired) electrons. The second-order valence-electron chi connectivity index (χ2n) is 15.5. The summed E-state index contributed by atoms with van der Waals surface area (Å²) in [5.41, 5.74) is 8.27. The minimum atomic E-state index is 0.524. The van der Waals surface area contributed by atoms with Crippen molar-refractivity contribution in [2.75, 3.05) is 0 Å². The Morgan fingerprint density at radius 2 is 0.651 bits per heavy atom. The summed E-state index contributed by atoms with van der Waals surface area (Å²) in [5.74, 6) is 3.39. The monoisotopic (exact) mass is 805 g/mol. The van der Waals surface area contributed by atoms with Gasteiger partial charge in [0.2, 0.25) is 0 Å². The Kier molecular flexibility index (Phi) is 8.67. The van der Waals surface area contributed by atoms with Gasteiger partial charge in [0.15, 0.2) is 34.9 Å². The van der Waals surface area contributed by atoms with Gasteiger partial charge in [-0.1, -0.05) is 176 Å². The number of para-hydroxylation sites is 2. The van der Waals surface area contributed by atoms with Crippen molar-refractivity contribution in [3.05, 3.63) is 212 Å². The maximum Gasteiger partial charge on any atom is 0.166 e. The molecule has 0 unspecified atom stereocenters. The van der Waals surface area contributed by atoms with Crippen LogP contribution in [0.15, 0.2) is 212 Å². The van der Waals surface area contributed by atoms with Gasteiger partial charge in [-0.2, -0.15) is 0 Å².